The Morgan fingerprint density at radius 3 is 2.57 bits per heavy atom. The first-order valence-corrected chi connectivity index (χ1v) is 7.37. The largest absolute Gasteiger partial charge is 0.366 e. The molecule has 0 aliphatic heterocycles. The van der Waals surface area contributed by atoms with Gasteiger partial charge in [-0.2, -0.15) is 0 Å². The van der Waals surface area contributed by atoms with Crippen LogP contribution in [0.3, 0.4) is 0 Å². The first-order chi connectivity index (χ1) is 9.90. The second-order valence-electron chi connectivity index (χ2n) is 4.86. The number of nitrogens with one attached hydrogen (secondary N) is 1. The summed E-state index contributed by atoms with van der Waals surface area (Å²) in [5.41, 5.74) is 8.55. The highest BCUT2D eigenvalue weighted by Crippen LogP contribution is 2.18. The quantitative estimate of drug-likeness (QED) is 0.907. The monoisotopic (exact) mass is 303 g/mol. The zero-order valence-corrected chi connectivity index (χ0v) is 13.0. The Bertz CT molecular complexity index is 707. The lowest BCUT2D eigenvalue weighted by molar-refractivity contribution is 0.0949. The van der Waals surface area contributed by atoms with E-state index in [1.807, 2.05) is 19.2 Å². The van der Waals surface area contributed by atoms with Gasteiger partial charge in [0.2, 0.25) is 5.91 Å². The second kappa shape index (κ2) is 6.05. The Kier molecular flexibility index (Phi) is 4.37. The van der Waals surface area contributed by atoms with Gasteiger partial charge in [-0.05, 0) is 38.0 Å². The normalized spacial score (nSPS) is 10.4. The number of hydrogen-bond donors (Lipinski definition) is 2. The van der Waals surface area contributed by atoms with Gasteiger partial charge >= 0.3 is 0 Å². The highest BCUT2D eigenvalue weighted by atomic mass is 32.1. The van der Waals surface area contributed by atoms with Crippen LogP contribution in [0, 0.1) is 20.8 Å². The van der Waals surface area contributed by atoms with E-state index in [9.17, 15) is 9.59 Å². The molecular weight excluding hydrogens is 286 g/mol. The fourth-order valence-electron chi connectivity index (χ4n) is 2.19. The topological polar surface area (TPSA) is 85.1 Å². The molecule has 1 aromatic heterocycles. The van der Waals surface area contributed by atoms with Crippen molar-refractivity contribution in [1.82, 2.24) is 10.3 Å². The van der Waals surface area contributed by atoms with Gasteiger partial charge in [-0.15, -0.1) is 11.3 Å². The lowest BCUT2D eigenvalue weighted by atomic mass is 9.96. The van der Waals surface area contributed by atoms with E-state index in [1.165, 1.54) is 11.3 Å². The summed E-state index contributed by atoms with van der Waals surface area (Å²) in [4.78, 5) is 28.0. The lowest BCUT2D eigenvalue weighted by Crippen LogP contribution is -2.26. The maximum Gasteiger partial charge on any atom is 0.252 e. The van der Waals surface area contributed by atoms with Gasteiger partial charge in [-0.25, -0.2) is 4.98 Å². The number of benzene rings is 1. The van der Waals surface area contributed by atoms with Crippen molar-refractivity contribution in [3.63, 3.8) is 0 Å². The van der Waals surface area contributed by atoms with Crippen LogP contribution in [-0.4, -0.2) is 16.8 Å². The van der Waals surface area contributed by atoms with Crippen LogP contribution >= 0.6 is 11.3 Å². The summed E-state index contributed by atoms with van der Waals surface area (Å²) in [5.74, 6) is -0.752. The summed E-state index contributed by atoms with van der Waals surface area (Å²) in [6.45, 7) is 5.85. The van der Waals surface area contributed by atoms with Gasteiger partial charge in [-0.1, -0.05) is 6.07 Å². The molecule has 6 heteroatoms. The minimum absolute atomic E-state index is 0.221. The van der Waals surface area contributed by atoms with Gasteiger partial charge in [0.05, 0.1) is 6.54 Å². The molecule has 1 heterocycles. The van der Waals surface area contributed by atoms with E-state index < -0.39 is 5.91 Å². The maximum absolute atomic E-state index is 12.4. The third-order valence-electron chi connectivity index (χ3n) is 3.23. The van der Waals surface area contributed by atoms with E-state index in [2.05, 4.69) is 10.3 Å². The van der Waals surface area contributed by atoms with Crippen molar-refractivity contribution in [3.8, 4) is 0 Å². The highest BCUT2D eigenvalue weighted by molar-refractivity contribution is 7.09. The van der Waals surface area contributed by atoms with Crippen molar-refractivity contribution >= 4 is 23.2 Å². The molecule has 0 fully saturated rings. The highest BCUT2D eigenvalue weighted by Gasteiger charge is 2.17. The molecule has 0 radical (unpaired) electrons. The van der Waals surface area contributed by atoms with Crippen molar-refractivity contribution in [2.75, 3.05) is 0 Å². The molecule has 0 saturated heterocycles. The number of carbonyl (C=O) groups is 2. The summed E-state index contributed by atoms with van der Waals surface area (Å²) in [6.07, 6.45) is 0. The van der Waals surface area contributed by atoms with Crippen LogP contribution in [0.2, 0.25) is 0 Å². The van der Waals surface area contributed by atoms with E-state index in [0.717, 1.165) is 16.3 Å². The zero-order valence-electron chi connectivity index (χ0n) is 12.2. The molecule has 0 bridgehead atoms. The van der Waals surface area contributed by atoms with E-state index >= 15 is 0 Å². The summed E-state index contributed by atoms with van der Waals surface area (Å²) in [5, 5.41) is 5.62. The first kappa shape index (κ1) is 15.2. The number of carbonyl (C=O) groups excluding carboxylic acids is 2. The molecule has 0 atom stereocenters. The smallest absolute Gasteiger partial charge is 0.252 e. The molecule has 0 unspecified atom stereocenters. The number of nitrogens with two attached hydrogens (primary N) is 1. The third kappa shape index (κ3) is 3.28. The average molecular weight is 303 g/mol. The molecule has 0 saturated carbocycles. The van der Waals surface area contributed by atoms with E-state index in [-0.39, 0.29) is 5.91 Å². The molecule has 0 spiro atoms. The number of primary amides is 1. The van der Waals surface area contributed by atoms with Crippen LogP contribution < -0.4 is 11.1 Å². The lowest BCUT2D eigenvalue weighted by Gasteiger charge is -2.12. The first-order valence-electron chi connectivity index (χ1n) is 6.49. The van der Waals surface area contributed by atoms with Crippen molar-refractivity contribution in [1.29, 1.82) is 0 Å². The number of thiazole rings is 1. The van der Waals surface area contributed by atoms with E-state index in [4.69, 9.17) is 5.73 Å². The number of aryl methyl sites for hydroxylation is 2. The van der Waals surface area contributed by atoms with Crippen molar-refractivity contribution in [2.24, 2.45) is 5.73 Å². The molecule has 2 amide bonds. The van der Waals surface area contributed by atoms with Crippen molar-refractivity contribution in [2.45, 2.75) is 27.3 Å². The Morgan fingerprint density at radius 1 is 1.29 bits per heavy atom. The van der Waals surface area contributed by atoms with Gasteiger partial charge in [0.15, 0.2) is 0 Å². The molecule has 1 aromatic carbocycles. The molecule has 0 aliphatic carbocycles. The molecule has 5 nitrogen and oxygen atoms in total. The Balaban J connectivity index is 2.22. The Hall–Kier alpha value is -2.21. The van der Waals surface area contributed by atoms with Gasteiger partial charge in [0, 0.05) is 22.2 Å². The number of amides is 2. The molecule has 2 aromatic rings. The Labute approximate surface area is 127 Å². The minimum Gasteiger partial charge on any atom is -0.366 e. The van der Waals surface area contributed by atoms with Gasteiger partial charge in [-0.3, -0.25) is 9.59 Å². The number of aromatic nitrogens is 1. The second-order valence-corrected chi connectivity index (χ2v) is 5.80. The number of rotatable bonds is 4. The molecule has 21 heavy (non-hydrogen) atoms. The molecule has 2 rings (SSSR count). The van der Waals surface area contributed by atoms with Crippen LogP contribution in [0.4, 0.5) is 0 Å². The summed E-state index contributed by atoms with van der Waals surface area (Å²) in [6, 6.07) is 3.38. The third-order valence-corrected chi connectivity index (χ3v) is 4.20. The number of hydrogen-bond acceptors (Lipinski definition) is 4. The van der Waals surface area contributed by atoms with Gasteiger partial charge < -0.3 is 11.1 Å². The SMILES string of the molecule is Cc1csc(CNC(=O)c2c(C)ccc(C(N)=O)c2C)n1. The van der Waals surface area contributed by atoms with Gasteiger partial charge in [0.1, 0.15) is 5.01 Å². The fraction of sp³-hybridized carbons (Fsp3) is 0.267. The Morgan fingerprint density at radius 2 is 2.00 bits per heavy atom. The van der Waals surface area contributed by atoms with Gasteiger partial charge in [0.25, 0.3) is 5.91 Å². The predicted molar refractivity (Wildman–Crippen MR) is 82.5 cm³/mol. The molecule has 3 N–H and O–H groups in total. The van der Waals surface area contributed by atoms with Crippen LogP contribution in [-0.2, 0) is 6.54 Å². The van der Waals surface area contributed by atoms with Crippen molar-refractivity contribution in [3.05, 3.63) is 50.5 Å². The average Bonchev–Trinajstić information content (AvgIpc) is 2.82. The summed E-state index contributed by atoms with van der Waals surface area (Å²) >= 11 is 1.50. The summed E-state index contributed by atoms with van der Waals surface area (Å²) in [7, 11) is 0. The van der Waals surface area contributed by atoms with E-state index in [0.29, 0.717) is 23.2 Å². The number of nitrogens with zero attached hydrogens (tertiary/aromatic N) is 1. The summed E-state index contributed by atoms with van der Waals surface area (Å²) < 4.78 is 0. The molecular formula is C15H17N3O2S. The maximum atomic E-state index is 12.4. The van der Waals surface area contributed by atoms with Crippen LogP contribution in [0.1, 0.15) is 42.5 Å². The van der Waals surface area contributed by atoms with Crippen LogP contribution in [0.15, 0.2) is 17.5 Å². The fourth-order valence-corrected chi connectivity index (χ4v) is 2.90. The standard InChI is InChI=1S/C15H17N3O2S/c1-8-4-5-11(14(16)19)10(3)13(8)15(20)17-6-12-18-9(2)7-21-12/h4-5,7H,6H2,1-3H3,(H2,16,19)(H,17,20). The minimum atomic E-state index is -0.530. The van der Waals surface area contributed by atoms with Crippen LogP contribution in [0.5, 0.6) is 0 Å². The van der Waals surface area contributed by atoms with Crippen molar-refractivity contribution < 1.29 is 9.59 Å². The molecule has 110 valence electrons. The molecule has 0 aliphatic rings. The van der Waals surface area contributed by atoms with Crippen LogP contribution in [0.25, 0.3) is 0 Å². The zero-order chi connectivity index (χ0) is 15.6. The van der Waals surface area contributed by atoms with E-state index in [1.54, 1.807) is 19.1 Å². The predicted octanol–water partition coefficient (Wildman–Crippen LogP) is 2.10.